The van der Waals surface area contributed by atoms with Crippen LogP contribution in [0.25, 0.3) is 22.1 Å². The molecule has 1 saturated heterocycles. The lowest BCUT2D eigenvalue weighted by Crippen LogP contribution is -2.49. The molecule has 0 spiro atoms. The molecule has 6 atom stereocenters. The van der Waals surface area contributed by atoms with Gasteiger partial charge in [0.05, 0.1) is 19.0 Å². The Morgan fingerprint density at radius 1 is 0.984 bits per heavy atom. The molecule has 3 aromatic heterocycles. The predicted octanol–water partition coefficient (Wildman–Crippen LogP) is 4.89. The van der Waals surface area contributed by atoms with Crippen molar-refractivity contribution in [1.29, 1.82) is 0 Å². The van der Waals surface area contributed by atoms with Gasteiger partial charge in [-0.1, -0.05) is 19.8 Å². The van der Waals surface area contributed by atoms with E-state index in [1.54, 1.807) is 0 Å². The maximum absolute atomic E-state index is 12.8. The van der Waals surface area contributed by atoms with E-state index in [-0.39, 0.29) is 23.5 Å². The molecule has 0 radical (unpaired) electrons. The van der Waals surface area contributed by atoms with Gasteiger partial charge < -0.3 is 49.4 Å². The van der Waals surface area contributed by atoms with Crippen LogP contribution in [0.15, 0.2) is 40.1 Å². The number of aryl methyl sites for hydroxylation is 1. The molecule has 1 aromatic carbocycles. The lowest BCUT2D eigenvalue weighted by molar-refractivity contribution is -0.121. The Kier molecular flexibility index (Phi) is 14.6. The average Bonchev–Trinajstić information content (AvgIpc) is 3.74. The number of carbonyl (C=O) groups is 1. The van der Waals surface area contributed by atoms with Crippen LogP contribution in [0.2, 0.25) is 0 Å². The van der Waals surface area contributed by atoms with Crippen LogP contribution in [-0.4, -0.2) is 94.1 Å². The standard InChI is InChI=1S/C36H52N7O15P3/c1-22-14-32(46)56-28-16-26-24(15-25(22)28)23(2)18-36(3,4)43(26)13-9-10-30(45)37-11-7-5-6-8-12-38-34-33-35(40-20-39-34)42(21-41-33)31-17-27(44)29(55-31)19-54-60(50,51)58-61(52,53)57-59(47,48)49/h14-16,20-21,23,27,29,31,44H,5-13,17-19H2,1-4H3,(H,37,45)(H,50,51)(H,52,53)(H,38,39,40)(H2,47,48,49)/t23?,27-,29+,31+/m0/s1. The number of aromatic nitrogens is 4. The molecule has 336 valence electrons. The first-order valence-corrected chi connectivity index (χ1v) is 24.3. The molecule has 4 aromatic rings. The number of amides is 1. The van der Waals surface area contributed by atoms with Crippen molar-refractivity contribution in [3.63, 3.8) is 0 Å². The minimum Gasteiger partial charge on any atom is -0.423 e. The van der Waals surface area contributed by atoms with E-state index in [1.807, 2.05) is 13.0 Å². The molecule has 25 heteroatoms. The maximum atomic E-state index is 12.8. The molecule has 2 aliphatic rings. The highest BCUT2D eigenvalue weighted by Gasteiger charge is 2.43. The second-order valence-corrected chi connectivity index (χ2v) is 20.3. The molecule has 0 saturated carbocycles. The summed E-state index contributed by atoms with van der Waals surface area (Å²) in [5.41, 5.74) is 4.04. The number of nitrogens with zero attached hydrogens (tertiary/aromatic N) is 5. The number of aliphatic hydroxyl groups excluding tert-OH is 1. The summed E-state index contributed by atoms with van der Waals surface area (Å²) in [7, 11) is -16.7. The zero-order valence-corrected chi connectivity index (χ0v) is 36.8. The molecule has 61 heavy (non-hydrogen) atoms. The number of hydrogen-bond donors (Lipinski definition) is 7. The zero-order valence-electron chi connectivity index (χ0n) is 34.1. The summed E-state index contributed by atoms with van der Waals surface area (Å²) in [5, 5.41) is 17.8. The van der Waals surface area contributed by atoms with E-state index in [0.29, 0.717) is 61.0 Å². The number of imidazole rings is 1. The van der Waals surface area contributed by atoms with Crippen LogP contribution in [0.3, 0.4) is 0 Å². The van der Waals surface area contributed by atoms with E-state index in [9.17, 15) is 38.2 Å². The summed E-state index contributed by atoms with van der Waals surface area (Å²) in [6.07, 6.45) is 4.92. The number of ether oxygens (including phenoxy) is 1. The number of rotatable bonds is 20. The van der Waals surface area contributed by atoms with Crippen molar-refractivity contribution in [2.75, 3.05) is 36.5 Å². The number of carbonyl (C=O) groups excluding carboxylic acids is 1. The van der Waals surface area contributed by atoms with E-state index in [2.05, 4.69) is 70.5 Å². The van der Waals surface area contributed by atoms with Crippen molar-refractivity contribution in [2.45, 2.75) is 109 Å². The number of hydrogen-bond acceptors (Lipinski definition) is 16. The molecule has 1 fully saturated rings. The minimum atomic E-state index is -5.70. The number of nitrogens with one attached hydrogen (secondary N) is 2. The Balaban J connectivity index is 0.895. The Morgan fingerprint density at radius 2 is 1.72 bits per heavy atom. The zero-order chi connectivity index (χ0) is 44.3. The molecule has 0 aliphatic carbocycles. The number of unbranched alkanes of at least 4 members (excludes halogenated alkanes) is 3. The summed E-state index contributed by atoms with van der Waals surface area (Å²) >= 11 is 0. The Labute approximate surface area is 350 Å². The summed E-state index contributed by atoms with van der Waals surface area (Å²) < 4.78 is 59.4. The highest BCUT2D eigenvalue weighted by atomic mass is 31.3. The van der Waals surface area contributed by atoms with Crippen molar-refractivity contribution in [1.82, 2.24) is 24.8 Å². The van der Waals surface area contributed by atoms with Crippen LogP contribution in [0.4, 0.5) is 11.5 Å². The van der Waals surface area contributed by atoms with Gasteiger partial charge in [-0.05, 0) is 69.6 Å². The number of phosphoric ester groups is 1. The molecule has 1 amide bonds. The Hall–Kier alpha value is -3.62. The molecule has 5 heterocycles. The third kappa shape index (κ3) is 12.1. The van der Waals surface area contributed by atoms with E-state index in [0.717, 1.165) is 48.7 Å². The van der Waals surface area contributed by atoms with E-state index >= 15 is 0 Å². The van der Waals surface area contributed by atoms with Crippen LogP contribution in [0.5, 0.6) is 0 Å². The van der Waals surface area contributed by atoms with Crippen LogP contribution in [-0.2, 0) is 36.4 Å². The van der Waals surface area contributed by atoms with Gasteiger partial charge >= 0.3 is 29.1 Å². The lowest BCUT2D eigenvalue weighted by atomic mass is 9.79. The minimum absolute atomic E-state index is 0.00799. The van der Waals surface area contributed by atoms with Gasteiger partial charge in [-0.25, -0.2) is 33.4 Å². The van der Waals surface area contributed by atoms with Crippen LogP contribution < -0.4 is 21.2 Å². The first-order chi connectivity index (χ1) is 28.6. The first-order valence-electron chi connectivity index (χ1n) is 19.8. The van der Waals surface area contributed by atoms with Crippen LogP contribution >= 0.6 is 23.5 Å². The van der Waals surface area contributed by atoms with Gasteiger partial charge in [0, 0.05) is 61.2 Å². The largest absolute Gasteiger partial charge is 0.490 e. The third-order valence-electron chi connectivity index (χ3n) is 10.7. The van der Waals surface area contributed by atoms with Crippen molar-refractivity contribution >= 4 is 63.0 Å². The Morgan fingerprint density at radius 3 is 2.46 bits per heavy atom. The lowest BCUT2D eigenvalue weighted by Gasteiger charge is -2.47. The highest BCUT2D eigenvalue weighted by molar-refractivity contribution is 7.66. The molecular formula is C36H52N7O15P3. The number of aliphatic hydroxyl groups is 1. The normalized spacial score (nSPS) is 22.2. The molecule has 0 bridgehead atoms. The molecule has 3 unspecified atom stereocenters. The third-order valence-corrected chi connectivity index (χ3v) is 14.5. The van der Waals surface area contributed by atoms with Crippen LogP contribution in [0, 0.1) is 6.92 Å². The fourth-order valence-corrected chi connectivity index (χ4v) is 11.0. The monoisotopic (exact) mass is 915 g/mol. The van der Waals surface area contributed by atoms with Crippen molar-refractivity contribution in [3.05, 3.63) is 52.4 Å². The second-order valence-electron chi connectivity index (χ2n) is 15.9. The number of phosphoric acid groups is 3. The van der Waals surface area contributed by atoms with Gasteiger partial charge in [0.2, 0.25) is 5.91 Å². The van der Waals surface area contributed by atoms with E-state index in [1.165, 1.54) is 28.9 Å². The number of benzene rings is 1. The SMILES string of the molecule is Cc1cc(=O)oc2cc3c(cc12)C(C)CC(C)(C)N3CCCC(=O)NCCCCCCNc1ncnc2c1ncn2[C@H]1C[C@H](O)[C@@H](COP(=O)(O)OP(=O)(O)OP(=O)(O)O)O1. The Bertz CT molecular complexity index is 2420. The maximum Gasteiger partial charge on any atom is 0.490 e. The van der Waals surface area contributed by atoms with E-state index in [4.69, 9.17) is 18.9 Å². The van der Waals surface area contributed by atoms with Crippen molar-refractivity contribution < 1.29 is 65.5 Å². The molecule has 22 nitrogen and oxygen atoms in total. The summed E-state index contributed by atoms with van der Waals surface area (Å²) in [6, 6.07) is 5.65. The quantitative estimate of drug-likeness (QED) is 0.0352. The second kappa shape index (κ2) is 19.0. The van der Waals surface area contributed by atoms with Gasteiger partial charge in [-0.2, -0.15) is 8.62 Å². The molecule has 6 rings (SSSR count). The van der Waals surface area contributed by atoms with Gasteiger partial charge in [-0.3, -0.25) is 13.9 Å². The fraction of sp³-hybridized carbons (Fsp3) is 0.583. The summed E-state index contributed by atoms with van der Waals surface area (Å²) in [5.74, 6) is 0.813. The fourth-order valence-electron chi connectivity index (χ4n) is 7.94. The van der Waals surface area contributed by atoms with Crippen molar-refractivity contribution in [3.8, 4) is 0 Å². The summed E-state index contributed by atoms with van der Waals surface area (Å²) in [6.45, 7) is 9.61. The van der Waals surface area contributed by atoms with Gasteiger partial charge in [0.25, 0.3) is 0 Å². The van der Waals surface area contributed by atoms with Crippen molar-refractivity contribution in [2.24, 2.45) is 0 Å². The topological polar surface area (TPSA) is 307 Å². The molecular weight excluding hydrogens is 863 g/mol. The van der Waals surface area contributed by atoms with Crippen LogP contribution in [0.1, 0.15) is 95.4 Å². The number of fused-ring (bicyclic) bond motifs is 3. The molecule has 7 N–H and O–H groups in total. The van der Waals surface area contributed by atoms with E-state index < -0.39 is 48.5 Å². The van der Waals surface area contributed by atoms with Gasteiger partial charge in [0.15, 0.2) is 17.0 Å². The highest BCUT2D eigenvalue weighted by Crippen LogP contribution is 2.66. The first kappa shape index (κ1) is 46.9. The smallest absolute Gasteiger partial charge is 0.423 e. The molecule has 2 aliphatic heterocycles. The summed E-state index contributed by atoms with van der Waals surface area (Å²) in [4.78, 5) is 76.6. The average molecular weight is 916 g/mol. The van der Waals surface area contributed by atoms with Gasteiger partial charge in [-0.15, -0.1) is 0 Å². The predicted molar refractivity (Wildman–Crippen MR) is 221 cm³/mol. The van der Waals surface area contributed by atoms with Gasteiger partial charge in [0.1, 0.15) is 24.2 Å². The number of anilines is 2.